The maximum absolute atomic E-state index is 12.8. The lowest BCUT2D eigenvalue weighted by molar-refractivity contribution is 0.124. The number of nitrogens with zero attached hydrogens (tertiary/aromatic N) is 3. The van der Waals surface area contributed by atoms with E-state index >= 15 is 0 Å². The third-order valence-electron chi connectivity index (χ3n) is 6.06. The van der Waals surface area contributed by atoms with E-state index in [9.17, 15) is 4.79 Å². The molecule has 2 heterocycles. The predicted molar refractivity (Wildman–Crippen MR) is 113 cm³/mol. The Hall–Kier alpha value is -1.63. The lowest BCUT2D eigenvalue weighted by atomic mass is 10.1. The van der Waals surface area contributed by atoms with E-state index < -0.39 is 0 Å². The average Bonchev–Trinajstić information content (AvgIpc) is 2.95. The molecule has 0 saturated carbocycles. The molecule has 6 nitrogen and oxygen atoms in total. The highest BCUT2D eigenvalue weighted by Crippen LogP contribution is 2.14. The van der Waals surface area contributed by atoms with Crippen molar-refractivity contribution in [3.8, 4) is 0 Å². The minimum Gasteiger partial charge on any atom is -0.383 e. The lowest BCUT2D eigenvalue weighted by Gasteiger charge is -2.33. The fraction of sp³-hybridized carbons (Fsp3) is 0.682. The number of likely N-dealkylation sites (tertiary alicyclic amines) is 1. The van der Waals surface area contributed by atoms with Gasteiger partial charge in [-0.05, 0) is 37.3 Å². The van der Waals surface area contributed by atoms with Crippen LogP contribution in [-0.4, -0.2) is 86.3 Å². The standard InChI is InChI=1S/C22H36N4O2/c1-19-6-3-4-7-20(19)18-25-10-5-11-26(15-14-25)22(27)23-21-8-12-24(13-9-21)16-17-28-2/h3-4,6-7,21H,5,8-18H2,1-2H3,(H,23,27). The molecule has 2 aliphatic heterocycles. The summed E-state index contributed by atoms with van der Waals surface area (Å²) < 4.78 is 5.16. The maximum atomic E-state index is 12.8. The van der Waals surface area contributed by atoms with E-state index in [0.29, 0.717) is 6.04 Å². The molecule has 0 radical (unpaired) electrons. The number of aryl methyl sites for hydroxylation is 1. The summed E-state index contributed by atoms with van der Waals surface area (Å²) in [6, 6.07) is 9.01. The van der Waals surface area contributed by atoms with Crippen molar-refractivity contribution in [3.63, 3.8) is 0 Å². The molecule has 2 aliphatic rings. The van der Waals surface area contributed by atoms with Crippen molar-refractivity contribution in [2.45, 2.75) is 38.8 Å². The minimum atomic E-state index is 0.119. The van der Waals surface area contributed by atoms with Crippen LogP contribution >= 0.6 is 0 Å². The summed E-state index contributed by atoms with van der Waals surface area (Å²) in [5.74, 6) is 0. The van der Waals surface area contributed by atoms with Crippen LogP contribution < -0.4 is 5.32 Å². The number of nitrogens with one attached hydrogen (secondary N) is 1. The van der Waals surface area contributed by atoms with Gasteiger partial charge in [0.2, 0.25) is 0 Å². The molecule has 2 amide bonds. The molecule has 28 heavy (non-hydrogen) atoms. The fourth-order valence-corrected chi connectivity index (χ4v) is 4.15. The van der Waals surface area contributed by atoms with Crippen molar-refractivity contribution in [1.29, 1.82) is 0 Å². The molecule has 0 bridgehead atoms. The number of rotatable bonds is 6. The zero-order valence-electron chi connectivity index (χ0n) is 17.5. The quantitative estimate of drug-likeness (QED) is 0.813. The summed E-state index contributed by atoms with van der Waals surface area (Å²) in [7, 11) is 1.75. The number of carbonyl (C=O) groups excluding carboxylic acids is 1. The average molecular weight is 389 g/mol. The number of benzene rings is 1. The van der Waals surface area contributed by atoms with Crippen LogP contribution in [-0.2, 0) is 11.3 Å². The summed E-state index contributed by atoms with van der Waals surface area (Å²) in [6.45, 7) is 10.6. The van der Waals surface area contributed by atoms with E-state index in [2.05, 4.69) is 46.3 Å². The van der Waals surface area contributed by atoms with E-state index in [4.69, 9.17) is 4.74 Å². The van der Waals surface area contributed by atoms with Crippen LogP contribution in [0.2, 0.25) is 0 Å². The molecule has 0 atom stereocenters. The molecular weight excluding hydrogens is 352 g/mol. The van der Waals surface area contributed by atoms with Crippen molar-refractivity contribution < 1.29 is 9.53 Å². The van der Waals surface area contributed by atoms with Gasteiger partial charge >= 0.3 is 6.03 Å². The topological polar surface area (TPSA) is 48.1 Å². The van der Waals surface area contributed by atoms with Gasteiger partial charge in [0.1, 0.15) is 0 Å². The number of hydrogen-bond donors (Lipinski definition) is 1. The van der Waals surface area contributed by atoms with Crippen molar-refractivity contribution >= 4 is 6.03 Å². The SMILES string of the molecule is COCCN1CCC(NC(=O)N2CCCN(Cc3ccccc3C)CC2)CC1. The van der Waals surface area contributed by atoms with Gasteiger partial charge in [-0.25, -0.2) is 4.79 Å². The van der Waals surface area contributed by atoms with Crippen LogP contribution in [0.5, 0.6) is 0 Å². The van der Waals surface area contributed by atoms with Crippen LogP contribution in [0.1, 0.15) is 30.4 Å². The van der Waals surface area contributed by atoms with Gasteiger partial charge in [0.05, 0.1) is 6.61 Å². The molecule has 0 spiro atoms. The Bertz CT molecular complexity index is 616. The maximum Gasteiger partial charge on any atom is 0.317 e. The Morgan fingerprint density at radius 2 is 1.86 bits per heavy atom. The molecule has 0 aromatic heterocycles. The summed E-state index contributed by atoms with van der Waals surface area (Å²) >= 11 is 0. The Kier molecular flexibility index (Phi) is 8.13. The van der Waals surface area contributed by atoms with Crippen molar-refractivity contribution in [2.24, 2.45) is 0 Å². The molecule has 156 valence electrons. The second-order valence-corrected chi connectivity index (χ2v) is 8.10. The van der Waals surface area contributed by atoms with E-state index in [-0.39, 0.29) is 6.03 Å². The van der Waals surface area contributed by atoms with E-state index in [1.165, 1.54) is 11.1 Å². The highest BCUT2D eigenvalue weighted by Gasteiger charge is 2.24. The third-order valence-corrected chi connectivity index (χ3v) is 6.06. The van der Waals surface area contributed by atoms with Crippen molar-refractivity contribution in [1.82, 2.24) is 20.0 Å². The van der Waals surface area contributed by atoms with Gasteiger partial charge in [0.25, 0.3) is 0 Å². The largest absolute Gasteiger partial charge is 0.383 e. The second-order valence-electron chi connectivity index (χ2n) is 8.10. The third kappa shape index (κ3) is 6.19. The van der Waals surface area contributed by atoms with Crippen LogP contribution in [0.3, 0.4) is 0 Å². The summed E-state index contributed by atoms with van der Waals surface area (Å²) in [6.07, 6.45) is 3.10. The molecule has 6 heteroatoms. The van der Waals surface area contributed by atoms with Crippen molar-refractivity contribution in [3.05, 3.63) is 35.4 Å². The summed E-state index contributed by atoms with van der Waals surface area (Å²) in [5, 5.41) is 3.28. The van der Waals surface area contributed by atoms with Gasteiger partial charge < -0.3 is 19.9 Å². The molecule has 2 saturated heterocycles. The zero-order valence-corrected chi connectivity index (χ0v) is 17.5. The lowest BCUT2D eigenvalue weighted by Crippen LogP contribution is -2.50. The normalized spacial score (nSPS) is 20.1. The Morgan fingerprint density at radius 3 is 2.61 bits per heavy atom. The Balaban J connectivity index is 1.41. The number of ether oxygens (including phenoxy) is 1. The summed E-state index contributed by atoms with van der Waals surface area (Å²) in [4.78, 5) is 19.7. The first kappa shape index (κ1) is 21.1. The fourth-order valence-electron chi connectivity index (χ4n) is 4.15. The first-order valence-corrected chi connectivity index (χ1v) is 10.7. The van der Waals surface area contributed by atoms with Crippen LogP contribution in [0, 0.1) is 6.92 Å². The number of hydrogen-bond acceptors (Lipinski definition) is 4. The smallest absolute Gasteiger partial charge is 0.317 e. The highest BCUT2D eigenvalue weighted by molar-refractivity contribution is 5.74. The van der Waals surface area contributed by atoms with Gasteiger partial charge in [-0.1, -0.05) is 24.3 Å². The van der Waals surface area contributed by atoms with Crippen molar-refractivity contribution in [2.75, 3.05) is 59.5 Å². The van der Waals surface area contributed by atoms with Crippen LogP contribution in [0.25, 0.3) is 0 Å². The van der Waals surface area contributed by atoms with E-state index in [1.54, 1.807) is 7.11 Å². The van der Waals surface area contributed by atoms with Gasteiger partial charge in [-0.15, -0.1) is 0 Å². The van der Waals surface area contributed by atoms with E-state index in [0.717, 1.165) is 78.2 Å². The van der Waals surface area contributed by atoms with Crippen LogP contribution in [0.15, 0.2) is 24.3 Å². The second kappa shape index (κ2) is 10.8. The number of methoxy groups -OCH3 is 1. The Labute approximate surface area is 169 Å². The molecule has 1 aromatic rings. The monoisotopic (exact) mass is 388 g/mol. The zero-order chi connectivity index (χ0) is 19.8. The number of carbonyl (C=O) groups is 1. The molecule has 0 unspecified atom stereocenters. The van der Waals surface area contributed by atoms with Crippen LogP contribution in [0.4, 0.5) is 4.79 Å². The molecule has 0 aliphatic carbocycles. The van der Waals surface area contributed by atoms with Gasteiger partial charge in [-0.3, -0.25) is 4.90 Å². The predicted octanol–water partition coefficient (Wildman–Crippen LogP) is 2.32. The summed E-state index contributed by atoms with van der Waals surface area (Å²) in [5.41, 5.74) is 2.74. The van der Waals surface area contributed by atoms with Gasteiger partial charge in [0.15, 0.2) is 0 Å². The minimum absolute atomic E-state index is 0.119. The Morgan fingerprint density at radius 1 is 1.07 bits per heavy atom. The van der Waals surface area contributed by atoms with Gasteiger partial charge in [-0.2, -0.15) is 0 Å². The molecular formula is C22H36N4O2. The van der Waals surface area contributed by atoms with E-state index in [1.807, 2.05) is 4.90 Å². The number of urea groups is 1. The first-order valence-electron chi connectivity index (χ1n) is 10.7. The molecule has 2 fully saturated rings. The highest BCUT2D eigenvalue weighted by atomic mass is 16.5. The number of piperidine rings is 1. The molecule has 1 aromatic carbocycles. The molecule has 1 N–H and O–H groups in total. The van der Waals surface area contributed by atoms with Gasteiger partial charge in [0, 0.05) is 65.5 Å². The molecule has 3 rings (SSSR count). The first-order chi connectivity index (χ1) is 13.7. The number of amides is 2.